The highest BCUT2D eigenvalue weighted by molar-refractivity contribution is 7.92. The summed E-state index contributed by atoms with van der Waals surface area (Å²) in [5.74, 6) is -0.591. The molecule has 0 aromatic heterocycles. The molecule has 2 rings (SSSR count). The van der Waals surface area contributed by atoms with E-state index in [4.69, 9.17) is 34.8 Å². The van der Waals surface area contributed by atoms with E-state index in [2.05, 4.69) is 5.32 Å². The van der Waals surface area contributed by atoms with E-state index in [1.807, 2.05) is 20.8 Å². The van der Waals surface area contributed by atoms with Crippen molar-refractivity contribution in [3.05, 3.63) is 62.6 Å². The van der Waals surface area contributed by atoms with Crippen LogP contribution in [0.1, 0.15) is 51.7 Å². The lowest BCUT2D eigenvalue weighted by molar-refractivity contribution is -0.141. The number of hydrogen-bond acceptors (Lipinski definition) is 4. The SMILES string of the molecule is Cc1ccc(Cl)cc1N(CCCC(=O)N(Cc1ccc(Cl)c(Cl)c1)[C@H](C)C(=O)NC(C)(C)C)S(C)(=O)=O. The van der Waals surface area contributed by atoms with Crippen molar-refractivity contribution in [2.24, 2.45) is 0 Å². The van der Waals surface area contributed by atoms with Crippen molar-refractivity contribution in [1.82, 2.24) is 10.2 Å². The van der Waals surface area contributed by atoms with Gasteiger partial charge in [-0.25, -0.2) is 8.42 Å². The Kier molecular flexibility index (Phi) is 10.7. The van der Waals surface area contributed by atoms with E-state index in [9.17, 15) is 18.0 Å². The molecule has 0 bridgehead atoms. The summed E-state index contributed by atoms with van der Waals surface area (Å²) in [6.45, 7) is 9.26. The number of nitrogens with one attached hydrogen (secondary N) is 1. The van der Waals surface area contributed by atoms with Gasteiger partial charge in [-0.2, -0.15) is 0 Å². The highest BCUT2D eigenvalue weighted by Crippen LogP contribution is 2.27. The second kappa shape index (κ2) is 12.7. The number of rotatable bonds is 10. The molecule has 0 saturated carbocycles. The molecule has 7 nitrogen and oxygen atoms in total. The molecule has 0 aliphatic heterocycles. The van der Waals surface area contributed by atoms with Gasteiger partial charge in [-0.15, -0.1) is 0 Å². The van der Waals surface area contributed by atoms with Gasteiger partial charge in [0.25, 0.3) is 0 Å². The number of anilines is 1. The number of benzene rings is 2. The van der Waals surface area contributed by atoms with Crippen LogP contribution in [0.15, 0.2) is 36.4 Å². The Balaban J connectivity index is 2.25. The molecule has 0 radical (unpaired) electrons. The zero-order valence-electron chi connectivity index (χ0n) is 21.9. The Labute approximate surface area is 235 Å². The van der Waals surface area contributed by atoms with Crippen molar-refractivity contribution in [3.63, 3.8) is 0 Å². The smallest absolute Gasteiger partial charge is 0.242 e. The molecule has 1 atom stereocenters. The first-order valence-corrected chi connectivity index (χ1v) is 14.8. The van der Waals surface area contributed by atoms with Crippen molar-refractivity contribution in [2.75, 3.05) is 17.1 Å². The van der Waals surface area contributed by atoms with Gasteiger partial charge in [0.15, 0.2) is 0 Å². The van der Waals surface area contributed by atoms with E-state index in [0.29, 0.717) is 26.3 Å². The van der Waals surface area contributed by atoms with Gasteiger partial charge in [0.1, 0.15) is 6.04 Å². The maximum Gasteiger partial charge on any atom is 0.242 e. The molecular formula is C26H34Cl3N3O4S. The van der Waals surface area contributed by atoms with Crippen LogP contribution in [-0.4, -0.2) is 49.5 Å². The van der Waals surface area contributed by atoms with Gasteiger partial charge in [-0.05, 0) is 76.4 Å². The fourth-order valence-corrected chi connectivity index (χ4v) is 5.23. The Morgan fingerprint density at radius 3 is 2.24 bits per heavy atom. The predicted octanol–water partition coefficient (Wildman–Crippen LogP) is 5.83. The normalized spacial score (nSPS) is 12.7. The van der Waals surface area contributed by atoms with Crippen LogP contribution >= 0.6 is 34.8 Å². The van der Waals surface area contributed by atoms with Crippen LogP contribution in [0.2, 0.25) is 15.1 Å². The van der Waals surface area contributed by atoms with Gasteiger partial charge < -0.3 is 10.2 Å². The van der Waals surface area contributed by atoms with Crippen LogP contribution in [0, 0.1) is 6.92 Å². The van der Waals surface area contributed by atoms with Gasteiger partial charge in [0, 0.05) is 30.1 Å². The molecule has 0 saturated heterocycles. The van der Waals surface area contributed by atoms with Gasteiger partial charge in [-0.3, -0.25) is 13.9 Å². The van der Waals surface area contributed by atoms with Crippen molar-refractivity contribution < 1.29 is 18.0 Å². The highest BCUT2D eigenvalue weighted by Gasteiger charge is 2.29. The molecule has 0 spiro atoms. The van der Waals surface area contributed by atoms with E-state index in [1.165, 1.54) is 9.21 Å². The number of hydrogen-bond donors (Lipinski definition) is 1. The van der Waals surface area contributed by atoms with Crippen molar-refractivity contribution in [1.29, 1.82) is 0 Å². The van der Waals surface area contributed by atoms with Crippen molar-refractivity contribution in [3.8, 4) is 0 Å². The topological polar surface area (TPSA) is 86.8 Å². The van der Waals surface area contributed by atoms with E-state index in [0.717, 1.165) is 11.8 Å². The fourth-order valence-electron chi connectivity index (χ4n) is 3.73. The summed E-state index contributed by atoms with van der Waals surface area (Å²) in [4.78, 5) is 27.8. The first kappa shape index (κ1) is 31.2. The largest absolute Gasteiger partial charge is 0.350 e. The molecule has 0 aliphatic rings. The predicted molar refractivity (Wildman–Crippen MR) is 152 cm³/mol. The number of halogens is 3. The molecule has 11 heteroatoms. The van der Waals surface area contributed by atoms with Crippen LogP contribution < -0.4 is 9.62 Å². The summed E-state index contributed by atoms with van der Waals surface area (Å²) in [6.07, 6.45) is 1.38. The Morgan fingerprint density at radius 2 is 1.68 bits per heavy atom. The van der Waals surface area contributed by atoms with Crippen LogP contribution in [0.4, 0.5) is 5.69 Å². The zero-order valence-corrected chi connectivity index (χ0v) is 25.0. The molecule has 0 heterocycles. The third-order valence-corrected chi connectivity index (χ3v) is 7.75. The van der Waals surface area contributed by atoms with Gasteiger partial charge >= 0.3 is 0 Å². The average molecular weight is 591 g/mol. The molecule has 2 aromatic rings. The quantitative estimate of drug-likeness (QED) is 0.377. The van der Waals surface area contributed by atoms with E-state index >= 15 is 0 Å². The second-order valence-electron chi connectivity index (χ2n) is 10.1. The van der Waals surface area contributed by atoms with Crippen LogP contribution in [0.5, 0.6) is 0 Å². The third kappa shape index (κ3) is 9.36. The number of sulfonamides is 1. The van der Waals surface area contributed by atoms with Gasteiger partial charge in [0.2, 0.25) is 21.8 Å². The summed E-state index contributed by atoms with van der Waals surface area (Å²) >= 11 is 18.3. The van der Waals surface area contributed by atoms with Gasteiger partial charge in [0.05, 0.1) is 22.0 Å². The lowest BCUT2D eigenvalue weighted by Gasteiger charge is -2.32. The molecule has 2 amide bonds. The van der Waals surface area contributed by atoms with Crippen LogP contribution in [-0.2, 0) is 26.2 Å². The minimum Gasteiger partial charge on any atom is -0.350 e. The number of aryl methyl sites for hydroxylation is 1. The molecule has 204 valence electrons. The number of carbonyl (C=O) groups excluding carboxylic acids is 2. The molecule has 2 aromatic carbocycles. The molecule has 0 fully saturated rings. The molecule has 0 unspecified atom stereocenters. The monoisotopic (exact) mass is 589 g/mol. The summed E-state index contributed by atoms with van der Waals surface area (Å²) in [6, 6.07) is 9.30. The zero-order chi connectivity index (χ0) is 28.1. The fraction of sp³-hybridized carbons (Fsp3) is 0.462. The molecule has 1 N–H and O–H groups in total. The molecule has 37 heavy (non-hydrogen) atoms. The van der Waals surface area contributed by atoms with Crippen LogP contribution in [0.3, 0.4) is 0 Å². The lowest BCUT2D eigenvalue weighted by atomic mass is 10.1. The average Bonchev–Trinajstić information content (AvgIpc) is 2.76. The number of carbonyl (C=O) groups is 2. The summed E-state index contributed by atoms with van der Waals surface area (Å²) in [5, 5.41) is 4.06. The highest BCUT2D eigenvalue weighted by atomic mass is 35.5. The Hall–Kier alpha value is -2.00. The van der Waals surface area contributed by atoms with Crippen molar-refractivity contribution in [2.45, 2.75) is 65.6 Å². The third-order valence-electron chi connectivity index (χ3n) is 5.59. The standard InChI is InChI=1S/C26H34Cl3N3O4S/c1-17-9-11-20(27)15-23(17)32(37(6,35)36)13-7-8-24(33)31(18(2)25(34)30-26(3,4)5)16-19-10-12-21(28)22(29)14-19/h9-12,14-15,18H,7-8,13,16H2,1-6H3,(H,30,34)/t18-/m1/s1. The number of amides is 2. The molecule has 0 aliphatic carbocycles. The number of nitrogens with zero attached hydrogens (tertiary/aromatic N) is 2. The van der Waals surface area contributed by atoms with Crippen molar-refractivity contribution >= 4 is 62.3 Å². The maximum absolute atomic E-state index is 13.4. The summed E-state index contributed by atoms with van der Waals surface area (Å²) in [5.41, 5.74) is 1.45. The van der Waals surface area contributed by atoms with E-state index in [-0.39, 0.29) is 37.7 Å². The maximum atomic E-state index is 13.4. The minimum atomic E-state index is -3.62. The van der Waals surface area contributed by atoms with E-state index < -0.39 is 21.6 Å². The van der Waals surface area contributed by atoms with Gasteiger partial charge in [-0.1, -0.05) is 46.9 Å². The summed E-state index contributed by atoms with van der Waals surface area (Å²) in [7, 11) is -3.62. The Bertz CT molecular complexity index is 1250. The lowest BCUT2D eigenvalue weighted by Crippen LogP contribution is -2.52. The summed E-state index contributed by atoms with van der Waals surface area (Å²) < 4.78 is 26.3. The molecular weight excluding hydrogens is 557 g/mol. The first-order chi connectivity index (χ1) is 17.0. The minimum absolute atomic E-state index is 0.0279. The first-order valence-electron chi connectivity index (χ1n) is 11.8. The Morgan fingerprint density at radius 1 is 1.03 bits per heavy atom. The van der Waals surface area contributed by atoms with Crippen LogP contribution in [0.25, 0.3) is 0 Å². The second-order valence-corrected chi connectivity index (χ2v) is 13.2. The van der Waals surface area contributed by atoms with E-state index in [1.54, 1.807) is 50.2 Å².